The summed E-state index contributed by atoms with van der Waals surface area (Å²) in [5.41, 5.74) is 1.82. The highest BCUT2D eigenvalue weighted by Gasteiger charge is 2.53. The maximum atomic E-state index is 2.38. The van der Waals surface area contributed by atoms with Gasteiger partial charge in [0.2, 0.25) is 0 Å². The Hall–Kier alpha value is -2.69. The molecule has 0 saturated heterocycles. The summed E-state index contributed by atoms with van der Waals surface area (Å²) in [4.78, 5) is 0. The summed E-state index contributed by atoms with van der Waals surface area (Å²) in [6, 6.07) is 44.7. The molecular weight excluding hydrogens is 367 g/mol. The zero-order chi connectivity index (χ0) is 20.1. The van der Waals surface area contributed by atoms with Gasteiger partial charge in [0.15, 0.2) is 0 Å². The van der Waals surface area contributed by atoms with Crippen LogP contribution in [-0.4, -0.2) is 0 Å². The molecule has 0 amide bonds. The van der Waals surface area contributed by atoms with Crippen molar-refractivity contribution >= 4 is 23.2 Å². The van der Waals surface area contributed by atoms with Crippen LogP contribution in [0, 0.1) is 5.92 Å². The molecule has 0 aromatic heterocycles. The van der Waals surface area contributed by atoms with Gasteiger partial charge in [-0.05, 0) is 47.9 Å². The minimum Gasteiger partial charge on any atom is -0.0622 e. The van der Waals surface area contributed by atoms with Crippen molar-refractivity contribution < 1.29 is 0 Å². The second-order valence-electron chi connectivity index (χ2n) is 7.83. The van der Waals surface area contributed by atoms with Crippen LogP contribution in [0.2, 0.25) is 0 Å². The van der Waals surface area contributed by atoms with Crippen LogP contribution in [0.3, 0.4) is 0 Å². The van der Waals surface area contributed by atoms with E-state index in [1.165, 1.54) is 21.5 Å². The molecule has 1 heteroatoms. The van der Waals surface area contributed by atoms with Gasteiger partial charge in [-0.2, -0.15) is 0 Å². The van der Waals surface area contributed by atoms with Gasteiger partial charge in [0.1, 0.15) is 28.8 Å². The van der Waals surface area contributed by atoms with E-state index in [0.717, 1.165) is 0 Å². The molecule has 0 N–H and O–H groups in total. The molecule has 0 bridgehead atoms. The fraction of sp³-hybridized carbons (Fsp3) is 0.143. The molecule has 0 fully saturated rings. The van der Waals surface area contributed by atoms with Crippen LogP contribution in [0.4, 0.5) is 0 Å². The van der Waals surface area contributed by atoms with Crippen LogP contribution in [0.5, 0.6) is 0 Å². The lowest BCUT2D eigenvalue weighted by Crippen LogP contribution is -2.37. The van der Waals surface area contributed by atoms with Crippen molar-refractivity contribution in [1.29, 1.82) is 0 Å². The van der Waals surface area contributed by atoms with Crippen molar-refractivity contribution in [3.8, 4) is 0 Å². The van der Waals surface area contributed by atoms with Gasteiger partial charge in [-0.3, -0.25) is 0 Å². The zero-order valence-corrected chi connectivity index (χ0v) is 18.0. The predicted molar refractivity (Wildman–Crippen MR) is 129 cm³/mol. The van der Waals surface area contributed by atoms with Crippen molar-refractivity contribution in [3.63, 3.8) is 0 Å². The van der Waals surface area contributed by atoms with Crippen molar-refractivity contribution in [3.05, 3.63) is 127 Å². The molecule has 0 aliphatic heterocycles. The van der Waals surface area contributed by atoms with E-state index in [1.54, 1.807) is 0 Å². The van der Waals surface area contributed by atoms with Gasteiger partial charge in [0.25, 0.3) is 0 Å². The van der Waals surface area contributed by atoms with Crippen molar-refractivity contribution in [2.45, 2.75) is 19.5 Å². The van der Waals surface area contributed by atoms with Gasteiger partial charge >= 0.3 is 0 Å². The smallest absolute Gasteiger partial charge is 0.0622 e. The minimum atomic E-state index is -1.94. The normalized spacial score (nSPS) is 12.7. The molecule has 1 unspecified atom stereocenters. The summed E-state index contributed by atoms with van der Waals surface area (Å²) < 4.78 is 0. The molecule has 0 nitrogen and oxygen atoms in total. The lowest BCUT2D eigenvalue weighted by Gasteiger charge is -2.37. The summed E-state index contributed by atoms with van der Waals surface area (Å²) >= 11 is 0. The van der Waals surface area contributed by atoms with Gasteiger partial charge in [-0.25, -0.2) is 0 Å². The van der Waals surface area contributed by atoms with Crippen LogP contribution < -0.4 is 15.9 Å². The second kappa shape index (κ2) is 8.76. The highest BCUT2D eigenvalue weighted by Crippen LogP contribution is 2.68. The first kappa shape index (κ1) is 19.6. The Morgan fingerprint density at radius 2 is 0.759 bits per heavy atom. The number of hydrogen-bond acceptors (Lipinski definition) is 0. The third-order valence-electron chi connectivity index (χ3n) is 5.68. The average molecular weight is 396 g/mol. The molecule has 0 spiro atoms. The van der Waals surface area contributed by atoms with Crippen molar-refractivity contribution in [1.82, 2.24) is 0 Å². The molecular formula is C28H28P+. The Morgan fingerprint density at radius 1 is 0.448 bits per heavy atom. The minimum absolute atomic E-state index is 0.399. The second-order valence-corrected chi connectivity index (χ2v) is 11.4. The summed E-state index contributed by atoms with van der Waals surface area (Å²) in [5, 5.41) is 4.33. The first-order valence-electron chi connectivity index (χ1n) is 10.3. The molecule has 29 heavy (non-hydrogen) atoms. The van der Waals surface area contributed by atoms with Crippen molar-refractivity contribution in [2.75, 3.05) is 0 Å². The highest BCUT2D eigenvalue weighted by atomic mass is 31.2. The maximum absolute atomic E-state index is 2.38. The quantitative estimate of drug-likeness (QED) is 0.332. The van der Waals surface area contributed by atoms with Crippen LogP contribution in [0.25, 0.3) is 0 Å². The number of rotatable bonds is 6. The molecule has 4 rings (SSSR count). The maximum Gasteiger partial charge on any atom is 0.119 e. The standard InChI is InChI=1S/C28H28P/c1-23(2)28(24-15-7-3-8-16-24)29(25-17-9-4-10-18-25,26-19-11-5-12-20-26)27-21-13-6-14-22-27/h3-23,28H,1-2H3/q+1. The van der Waals surface area contributed by atoms with Crippen LogP contribution >= 0.6 is 7.26 Å². The van der Waals surface area contributed by atoms with Gasteiger partial charge in [-0.1, -0.05) is 98.8 Å². The predicted octanol–water partition coefficient (Wildman–Crippen LogP) is 6.38. The molecule has 1 atom stereocenters. The van der Waals surface area contributed by atoms with Crippen LogP contribution in [0.1, 0.15) is 25.1 Å². The van der Waals surface area contributed by atoms with Gasteiger partial charge in [0.05, 0.1) is 0 Å². The van der Waals surface area contributed by atoms with E-state index in [4.69, 9.17) is 0 Å². The number of hydrogen-bond donors (Lipinski definition) is 0. The van der Waals surface area contributed by atoms with E-state index < -0.39 is 7.26 Å². The lowest BCUT2D eigenvalue weighted by molar-refractivity contribution is 0.624. The van der Waals surface area contributed by atoms with Crippen molar-refractivity contribution in [2.24, 2.45) is 5.92 Å². The van der Waals surface area contributed by atoms with Gasteiger partial charge in [0, 0.05) is 0 Å². The summed E-state index contributed by atoms with van der Waals surface area (Å²) in [5.74, 6) is 0.492. The SMILES string of the molecule is CC(C)C(c1ccccc1)[P+](c1ccccc1)(c1ccccc1)c1ccccc1. The molecule has 144 valence electrons. The zero-order valence-electron chi connectivity index (χ0n) is 17.1. The topological polar surface area (TPSA) is 0 Å². The molecule has 0 aliphatic carbocycles. The molecule has 0 heterocycles. The van der Waals surface area contributed by atoms with E-state index in [0.29, 0.717) is 11.6 Å². The number of benzene rings is 4. The van der Waals surface area contributed by atoms with Crippen LogP contribution in [-0.2, 0) is 0 Å². The van der Waals surface area contributed by atoms with E-state index >= 15 is 0 Å². The first-order chi connectivity index (χ1) is 14.2. The third kappa shape index (κ3) is 3.66. The van der Waals surface area contributed by atoms with E-state index in [9.17, 15) is 0 Å². The van der Waals surface area contributed by atoms with E-state index in [-0.39, 0.29) is 0 Å². The summed E-state index contributed by atoms with van der Waals surface area (Å²) in [6.45, 7) is 4.75. The third-order valence-corrected chi connectivity index (χ3v) is 10.7. The Morgan fingerprint density at radius 3 is 1.07 bits per heavy atom. The van der Waals surface area contributed by atoms with Gasteiger partial charge in [-0.15, -0.1) is 0 Å². The molecule has 0 saturated carbocycles. The molecule has 4 aromatic rings. The molecule has 0 aliphatic rings. The molecule has 0 radical (unpaired) electrons. The summed E-state index contributed by atoms with van der Waals surface area (Å²) in [7, 11) is -1.94. The largest absolute Gasteiger partial charge is 0.119 e. The highest BCUT2D eigenvalue weighted by molar-refractivity contribution is 7.96. The van der Waals surface area contributed by atoms with Crippen LogP contribution in [0.15, 0.2) is 121 Å². The lowest BCUT2D eigenvalue weighted by atomic mass is 10.0. The average Bonchev–Trinajstić information content (AvgIpc) is 2.79. The van der Waals surface area contributed by atoms with E-state index in [2.05, 4.69) is 135 Å². The summed E-state index contributed by atoms with van der Waals surface area (Å²) in [6.07, 6.45) is 0. The van der Waals surface area contributed by atoms with Gasteiger partial charge < -0.3 is 0 Å². The Kier molecular flexibility index (Phi) is 5.93. The monoisotopic (exact) mass is 395 g/mol. The fourth-order valence-electron chi connectivity index (χ4n) is 4.62. The Labute approximate surface area is 175 Å². The fourth-order valence-corrected chi connectivity index (χ4v) is 9.92. The Balaban J connectivity index is 2.13. The van der Waals surface area contributed by atoms with E-state index in [1.807, 2.05) is 0 Å². The molecule has 4 aromatic carbocycles. The first-order valence-corrected chi connectivity index (χ1v) is 12.2. The Bertz CT molecular complexity index is 912.